The molecule has 12 heavy (non-hydrogen) atoms. The van der Waals surface area contributed by atoms with Crippen LogP contribution in [0.2, 0.25) is 0 Å². The second-order valence-corrected chi connectivity index (χ2v) is 4.03. The molecule has 1 rings (SSSR count). The summed E-state index contributed by atoms with van der Waals surface area (Å²) in [6.45, 7) is 6.37. The topological polar surface area (TPSA) is 23.8 Å². The van der Waals surface area contributed by atoms with Crippen LogP contribution in [0.1, 0.15) is 45.4 Å². The average molecular weight is 163 g/mol. The third-order valence-corrected chi connectivity index (χ3v) is 3.10. The standard InChI is InChI=1S/C11H17N/c1-10-6-3-4-7-11(10,2)8-5-9-12/h1,3-8H2,2H3/t11-/m1/s1. The number of hydrogen-bond donors (Lipinski definition) is 0. The quantitative estimate of drug-likeness (QED) is 0.572. The summed E-state index contributed by atoms with van der Waals surface area (Å²) in [7, 11) is 0. The van der Waals surface area contributed by atoms with Gasteiger partial charge in [-0.05, 0) is 31.1 Å². The highest BCUT2D eigenvalue weighted by molar-refractivity contribution is 5.11. The third-order valence-electron chi connectivity index (χ3n) is 3.10. The van der Waals surface area contributed by atoms with Gasteiger partial charge >= 0.3 is 0 Å². The minimum Gasteiger partial charge on any atom is -0.198 e. The summed E-state index contributed by atoms with van der Waals surface area (Å²) in [5.74, 6) is 0. The van der Waals surface area contributed by atoms with Gasteiger partial charge in [0.15, 0.2) is 0 Å². The van der Waals surface area contributed by atoms with Gasteiger partial charge in [-0.25, -0.2) is 0 Å². The molecular weight excluding hydrogens is 146 g/mol. The van der Waals surface area contributed by atoms with Gasteiger partial charge in [0.2, 0.25) is 0 Å². The molecule has 1 aliphatic rings. The van der Waals surface area contributed by atoms with Crippen molar-refractivity contribution in [2.45, 2.75) is 45.4 Å². The Morgan fingerprint density at radius 2 is 2.33 bits per heavy atom. The van der Waals surface area contributed by atoms with Crippen LogP contribution in [-0.4, -0.2) is 0 Å². The average Bonchev–Trinajstić information content (AvgIpc) is 2.07. The Hall–Kier alpha value is -0.770. The van der Waals surface area contributed by atoms with Crippen molar-refractivity contribution in [3.05, 3.63) is 12.2 Å². The van der Waals surface area contributed by atoms with Gasteiger partial charge in [0, 0.05) is 6.42 Å². The van der Waals surface area contributed by atoms with E-state index in [4.69, 9.17) is 5.26 Å². The normalized spacial score (nSPS) is 29.8. The van der Waals surface area contributed by atoms with Crippen LogP contribution in [0.5, 0.6) is 0 Å². The summed E-state index contributed by atoms with van der Waals surface area (Å²) in [6.07, 6.45) is 6.68. The summed E-state index contributed by atoms with van der Waals surface area (Å²) in [5, 5.41) is 8.52. The van der Waals surface area contributed by atoms with Gasteiger partial charge in [-0.3, -0.25) is 0 Å². The lowest BCUT2D eigenvalue weighted by Crippen LogP contribution is -2.22. The van der Waals surface area contributed by atoms with E-state index in [2.05, 4.69) is 19.6 Å². The van der Waals surface area contributed by atoms with E-state index >= 15 is 0 Å². The highest BCUT2D eigenvalue weighted by Crippen LogP contribution is 2.42. The van der Waals surface area contributed by atoms with E-state index in [0.29, 0.717) is 6.42 Å². The largest absolute Gasteiger partial charge is 0.198 e. The van der Waals surface area contributed by atoms with Crippen LogP contribution in [0.3, 0.4) is 0 Å². The van der Waals surface area contributed by atoms with Crippen LogP contribution in [0, 0.1) is 16.7 Å². The molecule has 0 unspecified atom stereocenters. The predicted molar refractivity (Wildman–Crippen MR) is 50.6 cm³/mol. The smallest absolute Gasteiger partial charge is 0.0622 e. The molecule has 0 aliphatic heterocycles. The molecule has 0 bridgehead atoms. The summed E-state index contributed by atoms with van der Waals surface area (Å²) < 4.78 is 0. The Kier molecular flexibility index (Phi) is 2.92. The highest BCUT2D eigenvalue weighted by atomic mass is 14.3. The molecule has 0 amide bonds. The molecule has 0 aromatic carbocycles. The Morgan fingerprint density at radius 3 is 2.92 bits per heavy atom. The second-order valence-electron chi connectivity index (χ2n) is 4.03. The van der Waals surface area contributed by atoms with Crippen molar-refractivity contribution in [1.29, 1.82) is 5.26 Å². The number of nitriles is 1. The minimum absolute atomic E-state index is 0.272. The number of rotatable bonds is 2. The van der Waals surface area contributed by atoms with Gasteiger partial charge in [-0.2, -0.15) is 5.26 Å². The van der Waals surface area contributed by atoms with Crippen molar-refractivity contribution in [2.24, 2.45) is 5.41 Å². The zero-order valence-electron chi connectivity index (χ0n) is 7.90. The summed E-state index contributed by atoms with van der Waals surface area (Å²) in [6, 6.07) is 2.22. The Morgan fingerprint density at radius 1 is 1.58 bits per heavy atom. The van der Waals surface area contributed by atoms with Crippen LogP contribution in [0.4, 0.5) is 0 Å². The van der Waals surface area contributed by atoms with Gasteiger partial charge in [0.1, 0.15) is 0 Å². The maximum Gasteiger partial charge on any atom is 0.0622 e. The molecule has 1 heteroatoms. The fourth-order valence-corrected chi connectivity index (χ4v) is 1.97. The lowest BCUT2D eigenvalue weighted by atomic mass is 9.70. The Labute approximate surface area is 75.1 Å². The van der Waals surface area contributed by atoms with Crippen LogP contribution in [0.15, 0.2) is 12.2 Å². The van der Waals surface area contributed by atoms with Crippen LogP contribution >= 0.6 is 0 Å². The molecular formula is C11H17N. The summed E-state index contributed by atoms with van der Waals surface area (Å²) >= 11 is 0. The summed E-state index contributed by atoms with van der Waals surface area (Å²) in [4.78, 5) is 0. The highest BCUT2D eigenvalue weighted by Gasteiger charge is 2.29. The molecule has 0 aromatic rings. The van der Waals surface area contributed by atoms with Crippen LogP contribution in [-0.2, 0) is 0 Å². The second kappa shape index (κ2) is 3.76. The maximum atomic E-state index is 8.52. The first-order chi connectivity index (χ1) is 5.69. The molecule has 1 fully saturated rings. The van der Waals surface area contributed by atoms with E-state index in [0.717, 1.165) is 6.42 Å². The van der Waals surface area contributed by atoms with Crippen LogP contribution in [0.25, 0.3) is 0 Å². The molecule has 1 saturated carbocycles. The zero-order valence-corrected chi connectivity index (χ0v) is 7.90. The van der Waals surface area contributed by atoms with Gasteiger partial charge in [-0.1, -0.05) is 25.5 Å². The molecule has 1 nitrogen and oxygen atoms in total. The van der Waals surface area contributed by atoms with Crippen molar-refractivity contribution in [2.75, 3.05) is 0 Å². The van der Waals surface area contributed by atoms with Crippen molar-refractivity contribution in [3.8, 4) is 6.07 Å². The maximum absolute atomic E-state index is 8.52. The third kappa shape index (κ3) is 1.88. The van der Waals surface area contributed by atoms with Gasteiger partial charge in [0.25, 0.3) is 0 Å². The minimum atomic E-state index is 0.272. The molecule has 0 radical (unpaired) electrons. The molecule has 0 spiro atoms. The fourth-order valence-electron chi connectivity index (χ4n) is 1.97. The predicted octanol–water partition coefficient (Wildman–Crippen LogP) is 3.43. The first-order valence-electron chi connectivity index (χ1n) is 4.74. The molecule has 1 aliphatic carbocycles. The van der Waals surface area contributed by atoms with E-state index in [9.17, 15) is 0 Å². The van der Waals surface area contributed by atoms with Crippen molar-refractivity contribution >= 4 is 0 Å². The lowest BCUT2D eigenvalue weighted by Gasteiger charge is -2.35. The monoisotopic (exact) mass is 163 g/mol. The van der Waals surface area contributed by atoms with Crippen molar-refractivity contribution in [3.63, 3.8) is 0 Å². The van der Waals surface area contributed by atoms with Crippen molar-refractivity contribution < 1.29 is 0 Å². The number of nitrogens with zero attached hydrogens (tertiary/aromatic N) is 1. The molecule has 0 saturated heterocycles. The lowest BCUT2D eigenvalue weighted by molar-refractivity contribution is 0.286. The van der Waals surface area contributed by atoms with Crippen molar-refractivity contribution in [1.82, 2.24) is 0 Å². The summed E-state index contributed by atoms with van der Waals surface area (Å²) in [5.41, 5.74) is 1.64. The molecule has 1 atom stereocenters. The van der Waals surface area contributed by atoms with E-state index < -0.39 is 0 Å². The molecule has 0 heterocycles. The van der Waals surface area contributed by atoms with Gasteiger partial charge in [-0.15, -0.1) is 0 Å². The van der Waals surface area contributed by atoms with E-state index in [1.165, 1.54) is 31.3 Å². The molecule has 0 N–H and O–H groups in total. The SMILES string of the molecule is C=C1CCCC[C@]1(C)CCC#N. The fraction of sp³-hybridized carbons (Fsp3) is 0.727. The molecule has 0 aromatic heterocycles. The van der Waals surface area contributed by atoms with E-state index in [-0.39, 0.29) is 5.41 Å². The van der Waals surface area contributed by atoms with Gasteiger partial charge < -0.3 is 0 Å². The van der Waals surface area contributed by atoms with Crippen LogP contribution < -0.4 is 0 Å². The van der Waals surface area contributed by atoms with E-state index in [1.54, 1.807) is 0 Å². The first-order valence-corrected chi connectivity index (χ1v) is 4.74. The zero-order chi connectivity index (χ0) is 9.03. The first kappa shape index (κ1) is 9.32. The number of hydrogen-bond acceptors (Lipinski definition) is 1. The van der Waals surface area contributed by atoms with E-state index in [1.807, 2.05) is 0 Å². The molecule has 66 valence electrons. The Bertz CT molecular complexity index is 212. The Balaban J connectivity index is 2.55. The number of allylic oxidation sites excluding steroid dienone is 1. The van der Waals surface area contributed by atoms with Gasteiger partial charge in [0.05, 0.1) is 6.07 Å².